The minimum Gasteiger partial charge on any atom is -0.359 e. The lowest BCUT2D eigenvalue weighted by Gasteiger charge is -2.24. The molecule has 1 aliphatic rings. The zero-order chi connectivity index (χ0) is 20.7. The van der Waals surface area contributed by atoms with Crippen molar-refractivity contribution in [3.63, 3.8) is 0 Å². The van der Waals surface area contributed by atoms with Crippen LogP contribution in [0.15, 0.2) is 47.4 Å². The van der Waals surface area contributed by atoms with Gasteiger partial charge in [0.15, 0.2) is 0 Å². The standard InChI is InChI=1S/C18H18F3N3O3S/c1-11-7-12-8-15(28(22,26)27)5-6-16(12)24(11)10-17(25)23-14-4-2-3-13(9-14)18(19,20)21/h2-6,8-9,11H,7,10H2,1H3,(H,23,25)(H2,22,26,27)/t11-/m1/s1. The minimum absolute atomic E-state index is 0.00582. The van der Waals surface area contributed by atoms with Crippen molar-refractivity contribution in [3.05, 3.63) is 53.6 Å². The van der Waals surface area contributed by atoms with Gasteiger partial charge in [0.25, 0.3) is 0 Å². The zero-order valence-electron chi connectivity index (χ0n) is 14.8. The lowest BCUT2D eigenvalue weighted by molar-refractivity contribution is -0.137. The van der Waals surface area contributed by atoms with Crippen molar-refractivity contribution >= 4 is 27.3 Å². The van der Waals surface area contributed by atoms with Gasteiger partial charge in [-0.25, -0.2) is 13.6 Å². The normalized spacial score (nSPS) is 16.8. The van der Waals surface area contributed by atoms with E-state index in [2.05, 4.69) is 5.32 Å². The molecule has 3 N–H and O–H groups in total. The Balaban J connectivity index is 1.75. The topological polar surface area (TPSA) is 92.5 Å². The Morgan fingerprint density at radius 3 is 2.61 bits per heavy atom. The van der Waals surface area contributed by atoms with E-state index in [0.29, 0.717) is 12.1 Å². The van der Waals surface area contributed by atoms with Gasteiger partial charge in [-0.05, 0) is 55.3 Å². The van der Waals surface area contributed by atoms with Gasteiger partial charge in [-0.3, -0.25) is 4.79 Å². The van der Waals surface area contributed by atoms with Gasteiger partial charge in [0.1, 0.15) is 0 Å². The average molecular weight is 413 g/mol. The van der Waals surface area contributed by atoms with Crippen molar-refractivity contribution in [1.29, 1.82) is 0 Å². The molecule has 0 fully saturated rings. The second-order valence-corrected chi connectivity index (χ2v) is 8.20. The number of hydrogen-bond donors (Lipinski definition) is 2. The molecule has 1 aliphatic heterocycles. The number of rotatable bonds is 4. The van der Waals surface area contributed by atoms with E-state index in [4.69, 9.17) is 5.14 Å². The molecule has 1 heterocycles. The van der Waals surface area contributed by atoms with Crippen molar-refractivity contribution in [3.8, 4) is 0 Å². The van der Waals surface area contributed by atoms with E-state index in [1.54, 1.807) is 11.0 Å². The summed E-state index contributed by atoms with van der Waals surface area (Å²) in [6.45, 7) is 1.79. The molecule has 3 rings (SSSR count). The number of hydrogen-bond acceptors (Lipinski definition) is 4. The van der Waals surface area contributed by atoms with Crippen molar-refractivity contribution in [1.82, 2.24) is 0 Å². The third kappa shape index (κ3) is 4.28. The Morgan fingerprint density at radius 2 is 1.96 bits per heavy atom. The molecule has 1 amide bonds. The summed E-state index contributed by atoms with van der Waals surface area (Å²) < 4.78 is 61.4. The molecule has 0 saturated heterocycles. The first kappa shape index (κ1) is 20.2. The quantitative estimate of drug-likeness (QED) is 0.806. The molecule has 2 aromatic rings. The number of carbonyl (C=O) groups excluding carboxylic acids is 1. The summed E-state index contributed by atoms with van der Waals surface area (Å²) >= 11 is 0. The fraction of sp³-hybridized carbons (Fsp3) is 0.278. The van der Waals surface area contributed by atoms with Gasteiger partial charge in [-0.1, -0.05) is 6.07 Å². The number of anilines is 2. The van der Waals surface area contributed by atoms with Crippen molar-refractivity contribution in [2.24, 2.45) is 5.14 Å². The third-order valence-corrected chi connectivity index (χ3v) is 5.43. The van der Waals surface area contributed by atoms with Crippen LogP contribution in [-0.2, 0) is 27.4 Å². The summed E-state index contributed by atoms with van der Waals surface area (Å²) in [5, 5.41) is 7.62. The van der Waals surface area contributed by atoms with Gasteiger partial charge in [0, 0.05) is 17.4 Å². The fourth-order valence-corrected chi connectivity index (χ4v) is 3.78. The molecule has 0 radical (unpaired) electrons. The van der Waals surface area contributed by atoms with Crippen LogP contribution in [-0.4, -0.2) is 26.9 Å². The second-order valence-electron chi connectivity index (χ2n) is 6.64. The van der Waals surface area contributed by atoms with E-state index in [-0.39, 0.29) is 23.2 Å². The Bertz CT molecular complexity index is 1020. The number of nitrogens with two attached hydrogens (primary N) is 1. The summed E-state index contributed by atoms with van der Waals surface area (Å²) in [7, 11) is -3.83. The van der Waals surface area contributed by atoms with E-state index in [1.165, 1.54) is 24.3 Å². The van der Waals surface area contributed by atoms with Gasteiger partial charge >= 0.3 is 6.18 Å². The number of alkyl halides is 3. The number of fused-ring (bicyclic) bond motifs is 1. The molecule has 28 heavy (non-hydrogen) atoms. The van der Waals surface area contributed by atoms with E-state index >= 15 is 0 Å². The summed E-state index contributed by atoms with van der Waals surface area (Å²) in [6.07, 6.45) is -3.97. The number of sulfonamides is 1. The van der Waals surface area contributed by atoms with E-state index in [9.17, 15) is 26.4 Å². The fourth-order valence-electron chi connectivity index (χ4n) is 3.22. The molecule has 0 aliphatic carbocycles. The highest BCUT2D eigenvalue weighted by atomic mass is 32.2. The molecule has 6 nitrogen and oxygen atoms in total. The van der Waals surface area contributed by atoms with Gasteiger partial charge in [0.05, 0.1) is 17.0 Å². The Morgan fingerprint density at radius 1 is 1.25 bits per heavy atom. The van der Waals surface area contributed by atoms with Crippen LogP contribution in [0, 0.1) is 0 Å². The highest BCUT2D eigenvalue weighted by Crippen LogP contribution is 2.34. The maximum Gasteiger partial charge on any atom is 0.416 e. The highest BCUT2D eigenvalue weighted by Gasteiger charge is 2.31. The van der Waals surface area contributed by atoms with Gasteiger partial charge in [-0.15, -0.1) is 0 Å². The van der Waals surface area contributed by atoms with Crippen molar-refractivity contribution in [2.75, 3.05) is 16.8 Å². The predicted octanol–water partition coefficient (Wildman–Crippen LogP) is 2.74. The molecular weight excluding hydrogens is 395 g/mol. The first-order valence-electron chi connectivity index (χ1n) is 8.34. The lowest BCUT2D eigenvalue weighted by atomic mass is 10.1. The molecule has 0 aromatic heterocycles. The molecule has 1 atom stereocenters. The van der Waals surface area contributed by atoms with E-state index in [1.807, 2.05) is 6.92 Å². The van der Waals surface area contributed by atoms with Gasteiger partial charge in [-0.2, -0.15) is 13.2 Å². The molecule has 0 bridgehead atoms. The largest absolute Gasteiger partial charge is 0.416 e. The van der Waals surface area contributed by atoms with Crippen LogP contribution in [0.25, 0.3) is 0 Å². The molecule has 150 valence electrons. The van der Waals surface area contributed by atoms with Crippen LogP contribution >= 0.6 is 0 Å². The lowest BCUT2D eigenvalue weighted by Crippen LogP contribution is -2.37. The summed E-state index contributed by atoms with van der Waals surface area (Å²) in [4.78, 5) is 14.1. The molecular formula is C18H18F3N3O3S. The highest BCUT2D eigenvalue weighted by molar-refractivity contribution is 7.89. The number of halogens is 3. The first-order valence-corrected chi connectivity index (χ1v) is 9.89. The van der Waals surface area contributed by atoms with Crippen LogP contribution < -0.4 is 15.4 Å². The molecule has 10 heteroatoms. The first-order chi connectivity index (χ1) is 12.9. The average Bonchev–Trinajstić information content (AvgIpc) is 2.88. The zero-order valence-corrected chi connectivity index (χ0v) is 15.6. The van der Waals surface area contributed by atoms with Crippen LogP contribution in [0.1, 0.15) is 18.1 Å². The smallest absolute Gasteiger partial charge is 0.359 e. The molecule has 0 saturated carbocycles. The predicted molar refractivity (Wildman–Crippen MR) is 98.4 cm³/mol. The summed E-state index contributed by atoms with van der Waals surface area (Å²) in [5.41, 5.74) is 0.641. The van der Waals surface area contributed by atoms with Crippen LogP contribution in [0.2, 0.25) is 0 Å². The number of primary sulfonamides is 1. The van der Waals surface area contributed by atoms with Crippen molar-refractivity contribution < 1.29 is 26.4 Å². The number of amides is 1. The molecule has 0 unspecified atom stereocenters. The van der Waals surface area contributed by atoms with E-state index in [0.717, 1.165) is 17.7 Å². The Kier molecular flexibility index (Phi) is 5.11. The maximum atomic E-state index is 12.8. The minimum atomic E-state index is -4.50. The third-order valence-electron chi connectivity index (χ3n) is 4.52. The van der Waals surface area contributed by atoms with Crippen molar-refractivity contribution in [2.45, 2.75) is 30.5 Å². The molecule has 0 spiro atoms. The number of nitrogens with one attached hydrogen (secondary N) is 1. The van der Waals surface area contributed by atoms with Gasteiger partial charge in [0.2, 0.25) is 15.9 Å². The summed E-state index contributed by atoms with van der Waals surface area (Å²) in [6, 6.07) is 8.74. The number of benzene rings is 2. The second kappa shape index (κ2) is 7.10. The van der Waals surface area contributed by atoms with Crippen LogP contribution in [0.3, 0.4) is 0 Å². The maximum absolute atomic E-state index is 12.8. The SMILES string of the molecule is C[C@@H]1Cc2cc(S(N)(=O)=O)ccc2N1CC(=O)Nc1cccc(C(F)(F)F)c1. The Labute approximate surface area is 160 Å². The van der Waals surface area contributed by atoms with Gasteiger partial charge < -0.3 is 10.2 Å². The van der Waals surface area contributed by atoms with Crippen LogP contribution in [0.4, 0.5) is 24.5 Å². The number of nitrogens with zero attached hydrogens (tertiary/aromatic N) is 1. The summed E-state index contributed by atoms with van der Waals surface area (Å²) in [5.74, 6) is -0.477. The number of carbonyl (C=O) groups is 1. The monoisotopic (exact) mass is 413 g/mol. The molecule has 2 aromatic carbocycles. The van der Waals surface area contributed by atoms with E-state index < -0.39 is 27.7 Å². The van der Waals surface area contributed by atoms with Crippen LogP contribution in [0.5, 0.6) is 0 Å². The Hall–Kier alpha value is -2.59.